The molecular weight excluding hydrogens is 268 g/mol. The molecule has 0 spiro atoms. The number of methoxy groups -OCH3 is 1. The lowest BCUT2D eigenvalue weighted by molar-refractivity contribution is 0.354. The normalized spacial score (nSPS) is 12.9. The van der Waals surface area contributed by atoms with Gasteiger partial charge in [-0.3, -0.25) is 4.68 Å². The van der Waals surface area contributed by atoms with Gasteiger partial charge in [-0.2, -0.15) is 5.10 Å². The highest BCUT2D eigenvalue weighted by molar-refractivity contribution is 5.35. The van der Waals surface area contributed by atoms with Crippen molar-refractivity contribution in [2.75, 3.05) is 34.8 Å². The maximum Gasteiger partial charge on any atom is 0.162 e. The quantitative estimate of drug-likeness (QED) is 0.841. The van der Waals surface area contributed by atoms with Gasteiger partial charge in [0.2, 0.25) is 0 Å². The monoisotopic (exact) mass is 292 g/mol. The summed E-state index contributed by atoms with van der Waals surface area (Å²) in [5.41, 5.74) is 2.09. The van der Waals surface area contributed by atoms with Crippen LogP contribution < -0.4 is 10.1 Å². The summed E-state index contributed by atoms with van der Waals surface area (Å²) in [4.78, 5) is 2.13. The van der Waals surface area contributed by atoms with Crippen LogP contribution >= 0.6 is 0 Å². The lowest BCUT2D eigenvalue weighted by Gasteiger charge is -2.19. The average Bonchev–Trinajstić information content (AvgIpc) is 3.05. The molecule has 2 heterocycles. The molecule has 0 radical (unpaired) electrons. The first kappa shape index (κ1) is 15.6. The molecule has 0 bridgehead atoms. The van der Waals surface area contributed by atoms with E-state index in [-0.39, 0.29) is 6.04 Å². The Labute approximate surface area is 125 Å². The summed E-state index contributed by atoms with van der Waals surface area (Å²) in [6.07, 6.45) is 3.47. The fourth-order valence-corrected chi connectivity index (χ4v) is 2.37. The van der Waals surface area contributed by atoms with Crippen LogP contribution in [0, 0.1) is 6.92 Å². The second kappa shape index (κ2) is 6.78. The summed E-state index contributed by atoms with van der Waals surface area (Å²) in [5.74, 6) is 1.66. The van der Waals surface area contributed by atoms with E-state index in [2.05, 4.69) is 15.3 Å². The number of rotatable bonds is 7. The first-order chi connectivity index (χ1) is 10.1. The molecule has 0 aliphatic heterocycles. The van der Waals surface area contributed by atoms with E-state index in [1.807, 2.05) is 38.8 Å². The molecule has 2 aromatic rings. The number of nitrogens with one attached hydrogen (secondary N) is 1. The molecule has 1 N–H and O–H groups in total. The molecule has 2 aromatic heterocycles. The lowest BCUT2D eigenvalue weighted by Crippen LogP contribution is -2.25. The number of aryl methyl sites for hydroxylation is 1. The molecule has 0 aliphatic rings. The van der Waals surface area contributed by atoms with E-state index in [9.17, 15) is 0 Å². The van der Waals surface area contributed by atoms with E-state index in [0.29, 0.717) is 0 Å². The SMILES string of the molecule is CNC(c1occc1C)c1c(OC)cnn1CCN(C)C. The van der Waals surface area contributed by atoms with Gasteiger partial charge >= 0.3 is 0 Å². The summed E-state index contributed by atoms with van der Waals surface area (Å²) >= 11 is 0. The van der Waals surface area contributed by atoms with Crippen molar-refractivity contribution in [3.05, 3.63) is 35.5 Å². The van der Waals surface area contributed by atoms with Crippen molar-refractivity contribution in [1.29, 1.82) is 0 Å². The summed E-state index contributed by atoms with van der Waals surface area (Å²) in [6.45, 7) is 3.74. The van der Waals surface area contributed by atoms with Gasteiger partial charge in [-0.1, -0.05) is 0 Å². The Hall–Kier alpha value is -1.79. The van der Waals surface area contributed by atoms with Crippen molar-refractivity contribution in [3.63, 3.8) is 0 Å². The fourth-order valence-electron chi connectivity index (χ4n) is 2.37. The van der Waals surface area contributed by atoms with Crippen molar-refractivity contribution in [1.82, 2.24) is 20.0 Å². The molecule has 2 rings (SSSR count). The van der Waals surface area contributed by atoms with Crippen LogP contribution in [-0.2, 0) is 6.54 Å². The molecule has 21 heavy (non-hydrogen) atoms. The van der Waals surface area contributed by atoms with Crippen molar-refractivity contribution in [2.45, 2.75) is 19.5 Å². The minimum Gasteiger partial charge on any atom is -0.493 e. The zero-order valence-corrected chi connectivity index (χ0v) is 13.4. The Balaban J connectivity index is 2.39. The molecule has 6 nitrogen and oxygen atoms in total. The van der Waals surface area contributed by atoms with E-state index < -0.39 is 0 Å². The molecule has 1 unspecified atom stereocenters. The molecular formula is C15H24N4O2. The Morgan fingerprint density at radius 1 is 1.48 bits per heavy atom. The third-order valence-corrected chi connectivity index (χ3v) is 3.55. The van der Waals surface area contributed by atoms with Gasteiger partial charge in [0, 0.05) is 6.54 Å². The highest BCUT2D eigenvalue weighted by Gasteiger charge is 2.26. The minimum atomic E-state index is -0.0837. The predicted molar refractivity (Wildman–Crippen MR) is 81.7 cm³/mol. The van der Waals surface area contributed by atoms with Crippen LogP contribution in [0.3, 0.4) is 0 Å². The Morgan fingerprint density at radius 3 is 2.76 bits per heavy atom. The van der Waals surface area contributed by atoms with Gasteiger partial charge in [-0.15, -0.1) is 0 Å². The Kier molecular flexibility index (Phi) is 5.03. The third kappa shape index (κ3) is 3.28. The van der Waals surface area contributed by atoms with E-state index in [4.69, 9.17) is 9.15 Å². The van der Waals surface area contributed by atoms with Gasteiger partial charge in [0.1, 0.15) is 17.5 Å². The number of hydrogen-bond donors (Lipinski definition) is 1. The predicted octanol–water partition coefficient (Wildman–Crippen LogP) is 1.66. The van der Waals surface area contributed by atoms with Crippen LogP contribution in [0.4, 0.5) is 0 Å². The first-order valence-corrected chi connectivity index (χ1v) is 7.04. The second-order valence-corrected chi connectivity index (χ2v) is 5.31. The molecule has 0 amide bonds. The van der Waals surface area contributed by atoms with E-state index >= 15 is 0 Å². The van der Waals surface area contributed by atoms with Crippen LogP contribution in [0.2, 0.25) is 0 Å². The zero-order valence-electron chi connectivity index (χ0n) is 13.4. The zero-order chi connectivity index (χ0) is 15.4. The van der Waals surface area contributed by atoms with Crippen molar-refractivity contribution in [2.24, 2.45) is 0 Å². The summed E-state index contributed by atoms with van der Waals surface area (Å²) < 4.78 is 13.1. The summed E-state index contributed by atoms with van der Waals surface area (Å²) in [6, 6.07) is 1.88. The fraction of sp³-hybridized carbons (Fsp3) is 0.533. The molecule has 6 heteroatoms. The van der Waals surface area contributed by atoms with Crippen LogP contribution in [0.15, 0.2) is 22.9 Å². The van der Waals surface area contributed by atoms with E-state index in [1.165, 1.54) is 0 Å². The van der Waals surface area contributed by atoms with Crippen LogP contribution in [0.25, 0.3) is 0 Å². The smallest absolute Gasteiger partial charge is 0.162 e. The Morgan fingerprint density at radius 2 is 2.24 bits per heavy atom. The van der Waals surface area contributed by atoms with Gasteiger partial charge in [0.25, 0.3) is 0 Å². The van der Waals surface area contributed by atoms with Gasteiger partial charge < -0.3 is 19.4 Å². The number of likely N-dealkylation sites (N-methyl/N-ethyl adjacent to an activating group) is 1. The number of ether oxygens (including phenoxy) is 1. The largest absolute Gasteiger partial charge is 0.493 e. The molecule has 0 aromatic carbocycles. The van der Waals surface area contributed by atoms with Gasteiger partial charge in [0.05, 0.1) is 26.1 Å². The standard InChI is InChI=1S/C15H24N4O2/c1-11-6-9-21-15(11)13(16-2)14-12(20-5)10-17-19(14)8-7-18(3)4/h6,9-10,13,16H,7-8H2,1-5H3. The maximum absolute atomic E-state index is 5.65. The topological polar surface area (TPSA) is 55.5 Å². The number of furan rings is 1. The average molecular weight is 292 g/mol. The highest BCUT2D eigenvalue weighted by Crippen LogP contribution is 2.31. The lowest BCUT2D eigenvalue weighted by atomic mass is 10.1. The van der Waals surface area contributed by atoms with Crippen LogP contribution in [-0.4, -0.2) is 49.5 Å². The number of aromatic nitrogens is 2. The first-order valence-electron chi connectivity index (χ1n) is 7.04. The second-order valence-electron chi connectivity index (χ2n) is 5.31. The molecule has 0 fully saturated rings. The third-order valence-electron chi connectivity index (χ3n) is 3.55. The molecule has 1 atom stereocenters. The van der Waals surface area contributed by atoms with E-state index in [0.717, 1.165) is 35.9 Å². The molecule has 0 saturated carbocycles. The maximum atomic E-state index is 5.65. The summed E-state index contributed by atoms with van der Waals surface area (Å²) in [7, 11) is 7.67. The molecule has 116 valence electrons. The minimum absolute atomic E-state index is 0.0837. The van der Waals surface area contributed by atoms with Crippen LogP contribution in [0.5, 0.6) is 5.75 Å². The van der Waals surface area contributed by atoms with Gasteiger partial charge in [-0.05, 0) is 39.7 Å². The van der Waals surface area contributed by atoms with Gasteiger partial charge in [-0.25, -0.2) is 0 Å². The molecule has 0 saturated heterocycles. The molecule has 0 aliphatic carbocycles. The summed E-state index contributed by atoms with van der Waals surface area (Å²) in [5, 5.41) is 7.75. The van der Waals surface area contributed by atoms with Crippen molar-refractivity contribution in [3.8, 4) is 5.75 Å². The van der Waals surface area contributed by atoms with Crippen molar-refractivity contribution < 1.29 is 9.15 Å². The number of hydrogen-bond acceptors (Lipinski definition) is 5. The Bertz CT molecular complexity index is 574. The van der Waals surface area contributed by atoms with Crippen LogP contribution in [0.1, 0.15) is 23.1 Å². The number of nitrogens with zero attached hydrogens (tertiary/aromatic N) is 3. The van der Waals surface area contributed by atoms with Gasteiger partial charge in [0.15, 0.2) is 5.75 Å². The van der Waals surface area contributed by atoms with E-state index in [1.54, 1.807) is 19.6 Å². The van der Waals surface area contributed by atoms with Crippen molar-refractivity contribution >= 4 is 0 Å². The highest BCUT2D eigenvalue weighted by atomic mass is 16.5.